The van der Waals surface area contributed by atoms with Gasteiger partial charge in [0.15, 0.2) is 5.78 Å². The lowest BCUT2D eigenvalue weighted by molar-refractivity contribution is 0.0690. The van der Waals surface area contributed by atoms with Crippen LogP contribution in [0.3, 0.4) is 0 Å². The van der Waals surface area contributed by atoms with Crippen molar-refractivity contribution in [3.8, 4) is 0 Å². The molecular weight excluding hydrogens is 300 g/mol. The van der Waals surface area contributed by atoms with Crippen LogP contribution in [0.4, 0.5) is 5.69 Å². The number of benzene rings is 1. The van der Waals surface area contributed by atoms with Gasteiger partial charge >= 0.3 is 0 Å². The molecule has 24 heavy (non-hydrogen) atoms. The van der Waals surface area contributed by atoms with Gasteiger partial charge in [0.05, 0.1) is 18.8 Å². The molecule has 2 rings (SSSR count). The van der Waals surface area contributed by atoms with Gasteiger partial charge < -0.3 is 9.64 Å². The first-order valence-electron chi connectivity index (χ1n) is 8.42. The lowest BCUT2D eigenvalue weighted by Gasteiger charge is -2.37. The minimum absolute atomic E-state index is 0.112. The summed E-state index contributed by atoms with van der Waals surface area (Å²) < 4.78 is 5.39. The number of Topliss-reactive ketones (excluding diaryl/α,β-unsaturated/α-hetero) is 1. The number of morpholine rings is 1. The van der Waals surface area contributed by atoms with Crippen LogP contribution in [0.15, 0.2) is 49.6 Å². The molecule has 0 saturated carbocycles. The van der Waals surface area contributed by atoms with Gasteiger partial charge in [0.25, 0.3) is 0 Å². The molecule has 1 aromatic carbocycles. The molecule has 0 amide bonds. The monoisotopic (exact) mass is 328 g/mol. The van der Waals surface area contributed by atoms with E-state index in [4.69, 9.17) is 4.74 Å². The Hall–Kier alpha value is -1.91. The second kappa shape index (κ2) is 8.27. The molecule has 1 aliphatic heterocycles. The second-order valence-corrected chi connectivity index (χ2v) is 6.39. The number of ketones is 1. The Morgan fingerprint density at radius 2 is 1.71 bits per heavy atom. The topological polar surface area (TPSA) is 32.8 Å². The number of hydrogen-bond donors (Lipinski definition) is 0. The number of hydrogen-bond acceptors (Lipinski definition) is 4. The average molecular weight is 328 g/mol. The molecule has 0 radical (unpaired) electrons. The van der Waals surface area contributed by atoms with Gasteiger partial charge in [0, 0.05) is 24.3 Å². The highest BCUT2D eigenvalue weighted by Gasteiger charge is 2.38. The molecule has 0 aliphatic carbocycles. The highest BCUT2D eigenvalue weighted by molar-refractivity contribution is 6.03. The molecule has 130 valence electrons. The quantitative estimate of drug-likeness (QED) is 0.542. The predicted molar refractivity (Wildman–Crippen MR) is 99.9 cm³/mol. The zero-order valence-corrected chi connectivity index (χ0v) is 14.8. The number of ether oxygens (including phenoxy) is 1. The number of nitrogens with zero attached hydrogens (tertiary/aromatic N) is 2. The van der Waals surface area contributed by atoms with Gasteiger partial charge in [-0.25, -0.2) is 0 Å². The van der Waals surface area contributed by atoms with Crippen LogP contribution in [0.2, 0.25) is 0 Å². The molecule has 0 bridgehead atoms. The van der Waals surface area contributed by atoms with Crippen LogP contribution in [0.25, 0.3) is 0 Å². The minimum atomic E-state index is -0.621. The SMILES string of the molecule is C=CCC(CC=C)(C(=O)c1ccc(N2CCOCC2)cc1)N(C)C. The molecule has 0 atom stereocenters. The number of anilines is 1. The summed E-state index contributed by atoms with van der Waals surface area (Å²) in [5.41, 5.74) is 1.24. The highest BCUT2D eigenvalue weighted by Crippen LogP contribution is 2.29. The zero-order valence-electron chi connectivity index (χ0n) is 14.8. The molecule has 1 saturated heterocycles. The van der Waals surface area contributed by atoms with Gasteiger partial charge in [-0.3, -0.25) is 9.69 Å². The van der Waals surface area contributed by atoms with Crippen molar-refractivity contribution in [2.75, 3.05) is 45.3 Å². The molecule has 1 aromatic rings. The molecule has 4 heteroatoms. The molecule has 1 heterocycles. The largest absolute Gasteiger partial charge is 0.378 e. The number of likely N-dealkylation sites (N-methyl/N-ethyl adjacent to an activating group) is 1. The number of carbonyl (C=O) groups is 1. The van der Waals surface area contributed by atoms with Crippen LogP contribution in [-0.4, -0.2) is 56.6 Å². The van der Waals surface area contributed by atoms with Crippen LogP contribution in [0.5, 0.6) is 0 Å². The molecule has 0 spiro atoms. The maximum absolute atomic E-state index is 13.2. The summed E-state index contributed by atoms with van der Waals surface area (Å²) in [6.45, 7) is 10.9. The van der Waals surface area contributed by atoms with E-state index in [2.05, 4.69) is 18.1 Å². The Labute approximate surface area is 145 Å². The van der Waals surface area contributed by atoms with E-state index in [0.717, 1.165) is 37.6 Å². The molecule has 0 N–H and O–H groups in total. The van der Waals surface area contributed by atoms with Gasteiger partial charge in [-0.15, -0.1) is 13.2 Å². The van der Waals surface area contributed by atoms with Gasteiger partial charge in [0.1, 0.15) is 0 Å². The summed E-state index contributed by atoms with van der Waals surface area (Å²) in [6, 6.07) is 7.91. The molecular formula is C20H28N2O2. The van der Waals surface area contributed by atoms with Crippen molar-refractivity contribution in [1.82, 2.24) is 4.90 Å². The summed E-state index contributed by atoms with van der Waals surface area (Å²) in [5.74, 6) is 0.112. The molecule has 0 unspecified atom stereocenters. The van der Waals surface area contributed by atoms with Crippen LogP contribution in [-0.2, 0) is 4.74 Å². The Morgan fingerprint density at radius 3 is 2.17 bits per heavy atom. The minimum Gasteiger partial charge on any atom is -0.378 e. The first-order valence-corrected chi connectivity index (χ1v) is 8.42. The summed E-state index contributed by atoms with van der Waals surface area (Å²) in [5, 5.41) is 0. The standard InChI is InChI=1S/C20H28N2O2/c1-5-11-20(12-6-2,21(3)4)19(23)17-7-9-18(10-8-17)22-13-15-24-16-14-22/h5-10H,1-2,11-16H2,3-4H3. The number of carbonyl (C=O) groups excluding carboxylic acids is 1. The summed E-state index contributed by atoms with van der Waals surface area (Å²) in [6.07, 6.45) is 4.80. The van der Waals surface area contributed by atoms with Crippen LogP contribution in [0.1, 0.15) is 23.2 Å². The normalized spacial score (nSPS) is 15.4. The van der Waals surface area contributed by atoms with Crippen LogP contribution in [0, 0.1) is 0 Å². The van der Waals surface area contributed by atoms with E-state index < -0.39 is 5.54 Å². The predicted octanol–water partition coefficient (Wildman–Crippen LogP) is 3.16. The maximum atomic E-state index is 13.2. The third-order valence-corrected chi connectivity index (χ3v) is 4.75. The van der Waals surface area contributed by atoms with E-state index in [0.29, 0.717) is 12.8 Å². The van der Waals surface area contributed by atoms with Gasteiger partial charge in [-0.2, -0.15) is 0 Å². The Balaban J connectivity index is 2.25. The fourth-order valence-electron chi connectivity index (χ4n) is 3.23. The molecule has 1 fully saturated rings. The van der Waals surface area contributed by atoms with E-state index in [-0.39, 0.29) is 5.78 Å². The fraction of sp³-hybridized carbons (Fsp3) is 0.450. The van der Waals surface area contributed by atoms with Crippen molar-refractivity contribution < 1.29 is 9.53 Å². The van der Waals surface area contributed by atoms with E-state index in [1.165, 1.54) is 0 Å². The van der Waals surface area contributed by atoms with Crippen LogP contribution >= 0.6 is 0 Å². The lowest BCUT2D eigenvalue weighted by atomic mass is 9.82. The molecule has 4 nitrogen and oxygen atoms in total. The maximum Gasteiger partial charge on any atom is 0.183 e. The van der Waals surface area contributed by atoms with Crippen LogP contribution < -0.4 is 4.90 Å². The van der Waals surface area contributed by atoms with Crippen molar-refractivity contribution in [2.45, 2.75) is 18.4 Å². The van der Waals surface area contributed by atoms with E-state index >= 15 is 0 Å². The second-order valence-electron chi connectivity index (χ2n) is 6.39. The van der Waals surface area contributed by atoms with E-state index in [1.54, 1.807) is 0 Å². The van der Waals surface area contributed by atoms with Crippen molar-refractivity contribution in [3.63, 3.8) is 0 Å². The Morgan fingerprint density at radius 1 is 1.17 bits per heavy atom. The third kappa shape index (κ3) is 3.77. The fourth-order valence-corrected chi connectivity index (χ4v) is 3.23. The summed E-state index contributed by atoms with van der Waals surface area (Å²) in [7, 11) is 3.88. The highest BCUT2D eigenvalue weighted by atomic mass is 16.5. The molecule has 1 aliphatic rings. The first kappa shape index (κ1) is 18.4. The zero-order chi connectivity index (χ0) is 17.6. The Kier molecular flexibility index (Phi) is 6.35. The van der Waals surface area contributed by atoms with Crippen molar-refractivity contribution >= 4 is 11.5 Å². The van der Waals surface area contributed by atoms with Gasteiger partial charge in [0.2, 0.25) is 0 Å². The number of rotatable bonds is 8. The van der Waals surface area contributed by atoms with Crippen molar-refractivity contribution in [2.24, 2.45) is 0 Å². The summed E-state index contributed by atoms with van der Waals surface area (Å²) in [4.78, 5) is 17.5. The van der Waals surface area contributed by atoms with Crippen molar-refractivity contribution in [1.29, 1.82) is 0 Å². The lowest BCUT2D eigenvalue weighted by Crippen LogP contribution is -2.50. The molecule has 0 aromatic heterocycles. The van der Waals surface area contributed by atoms with Gasteiger partial charge in [-0.1, -0.05) is 12.2 Å². The third-order valence-electron chi connectivity index (χ3n) is 4.75. The van der Waals surface area contributed by atoms with E-state index in [9.17, 15) is 4.79 Å². The van der Waals surface area contributed by atoms with E-state index in [1.807, 2.05) is 55.4 Å². The average Bonchev–Trinajstić information content (AvgIpc) is 2.61. The van der Waals surface area contributed by atoms with Gasteiger partial charge in [-0.05, 0) is 51.2 Å². The smallest absolute Gasteiger partial charge is 0.183 e. The summed E-state index contributed by atoms with van der Waals surface area (Å²) >= 11 is 0. The van der Waals surface area contributed by atoms with Crippen molar-refractivity contribution in [3.05, 3.63) is 55.1 Å². The first-order chi connectivity index (χ1) is 11.5. The Bertz CT molecular complexity index is 562.